The Morgan fingerprint density at radius 3 is 2.34 bits per heavy atom. The summed E-state index contributed by atoms with van der Waals surface area (Å²) in [5, 5.41) is 0.736. The Labute approximate surface area is 205 Å². The van der Waals surface area contributed by atoms with Crippen molar-refractivity contribution in [1.82, 2.24) is 4.31 Å². The summed E-state index contributed by atoms with van der Waals surface area (Å²) < 4.78 is 38.9. The quantitative estimate of drug-likeness (QED) is 0.370. The largest absolute Gasteiger partial charge is 0.461 e. The molecular formula is C27H31NO6S. The van der Waals surface area contributed by atoms with Crippen LogP contribution in [0.4, 0.5) is 0 Å². The molecule has 0 unspecified atom stereocenters. The number of nitrogens with zero attached hydrogens (tertiary/aromatic N) is 1. The summed E-state index contributed by atoms with van der Waals surface area (Å²) in [6.07, 6.45) is 1.59. The first kappa shape index (κ1) is 25.1. The molecule has 2 heterocycles. The maximum absolute atomic E-state index is 13.3. The van der Waals surface area contributed by atoms with Crippen LogP contribution in [0.3, 0.4) is 0 Å². The zero-order chi connectivity index (χ0) is 25.3. The van der Waals surface area contributed by atoms with Crippen molar-refractivity contribution in [2.45, 2.75) is 58.5 Å². The number of piperidine rings is 1. The first-order chi connectivity index (χ1) is 16.6. The highest BCUT2D eigenvalue weighted by molar-refractivity contribution is 7.89. The summed E-state index contributed by atoms with van der Waals surface area (Å²) in [5.41, 5.74) is 4.12. The van der Waals surface area contributed by atoms with Crippen molar-refractivity contribution in [2.75, 3.05) is 13.1 Å². The number of fused-ring (bicyclic) bond motifs is 1. The Bertz CT molecular complexity index is 1410. The van der Waals surface area contributed by atoms with E-state index in [9.17, 15) is 18.0 Å². The molecule has 0 radical (unpaired) electrons. The number of hydrogen-bond donors (Lipinski definition) is 0. The smallest absolute Gasteiger partial charge is 0.336 e. The lowest BCUT2D eigenvalue weighted by molar-refractivity contribution is -0.151. The zero-order valence-corrected chi connectivity index (χ0v) is 21.4. The van der Waals surface area contributed by atoms with Crippen LogP contribution in [0, 0.1) is 26.7 Å². The summed E-state index contributed by atoms with van der Waals surface area (Å²) in [6.45, 7) is 8.07. The van der Waals surface area contributed by atoms with Crippen LogP contribution >= 0.6 is 0 Å². The highest BCUT2D eigenvalue weighted by Crippen LogP contribution is 2.29. The van der Waals surface area contributed by atoms with Crippen LogP contribution in [0.25, 0.3) is 11.0 Å². The molecule has 0 saturated carbocycles. The normalized spacial score (nSPS) is 15.4. The third-order valence-corrected chi connectivity index (χ3v) is 8.87. The second kappa shape index (κ2) is 9.95. The Balaban J connectivity index is 1.42. The Hall–Kier alpha value is -2.97. The number of carbonyl (C=O) groups excluding carboxylic acids is 1. The summed E-state index contributed by atoms with van der Waals surface area (Å²) in [7, 11) is -3.64. The van der Waals surface area contributed by atoms with Crippen LogP contribution in [0.1, 0.15) is 47.6 Å². The SMILES string of the molecule is CCc1ccc2c(COC(=O)C3CCN(S(=O)(=O)c4c(C)cc(C)cc4C)CC3)cc(=O)oc2c1. The highest BCUT2D eigenvalue weighted by atomic mass is 32.2. The fourth-order valence-electron chi connectivity index (χ4n) is 4.92. The molecule has 1 saturated heterocycles. The van der Waals surface area contributed by atoms with Crippen molar-refractivity contribution in [2.24, 2.45) is 5.92 Å². The second-order valence-corrected chi connectivity index (χ2v) is 11.2. The van der Waals surface area contributed by atoms with Gasteiger partial charge in [0.15, 0.2) is 0 Å². The number of benzene rings is 2. The number of esters is 1. The molecule has 1 aromatic heterocycles. The third kappa shape index (κ3) is 5.18. The van der Waals surface area contributed by atoms with Crippen LogP contribution in [-0.4, -0.2) is 31.8 Å². The molecular weight excluding hydrogens is 466 g/mol. The van der Waals surface area contributed by atoms with Gasteiger partial charge in [0.2, 0.25) is 10.0 Å². The molecule has 0 bridgehead atoms. The summed E-state index contributed by atoms with van der Waals surface area (Å²) in [5.74, 6) is -0.768. The molecule has 7 nitrogen and oxygen atoms in total. The monoisotopic (exact) mass is 497 g/mol. The van der Waals surface area contributed by atoms with Crippen LogP contribution in [0.15, 0.2) is 50.5 Å². The number of hydrogen-bond acceptors (Lipinski definition) is 6. The fraction of sp³-hybridized carbons (Fsp3) is 0.407. The van der Waals surface area contributed by atoms with Crippen molar-refractivity contribution in [3.8, 4) is 0 Å². The topological polar surface area (TPSA) is 93.9 Å². The van der Waals surface area contributed by atoms with E-state index in [4.69, 9.17) is 9.15 Å². The van der Waals surface area contributed by atoms with Crippen LogP contribution < -0.4 is 5.63 Å². The summed E-state index contributed by atoms with van der Waals surface area (Å²) in [6, 6.07) is 10.8. The Morgan fingerprint density at radius 1 is 1.06 bits per heavy atom. The molecule has 0 aliphatic carbocycles. The van der Waals surface area contributed by atoms with Crippen molar-refractivity contribution in [1.29, 1.82) is 0 Å². The average molecular weight is 498 g/mol. The van der Waals surface area contributed by atoms with Gasteiger partial charge in [-0.3, -0.25) is 4.79 Å². The maximum atomic E-state index is 13.3. The predicted octanol–water partition coefficient (Wildman–Crippen LogP) is 4.42. The minimum Gasteiger partial charge on any atom is -0.461 e. The number of ether oxygens (including phenoxy) is 1. The number of aryl methyl sites for hydroxylation is 4. The van der Waals surface area contributed by atoms with Crippen LogP contribution in [0.5, 0.6) is 0 Å². The summed E-state index contributed by atoms with van der Waals surface area (Å²) >= 11 is 0. The minimum atomic E-state index is -3.64. The number of carbonyl (C=O) groups is 1. The molecule has 3 aromatic rings. The van der Waals surface area contributed by atoms with E-state index in [-0.39, 0.29) is 31.6 Å². The minimum absolute atomic E-state index is 0.0350. The van der Waals surface area contributed by atoms with Gasteiger partial charge in [0.05, 0.1) is 10.8 Å². The standard InChI is InChI=1S/C27H31NO6S/c1-5-20-6-7-23-22(15-25(29)34-24(23)14-20)16-33-27(30)21-8-10-28(11-9-21)35(31,32)26-18(3)12-17(2)13-19(26)4/h6-7,12-15,21H,5,8-11,16H2,1-4H3. The molecule has 1 aliphatic rings. The van der Waals surface area contributed by atoms with Gasteiger partial charge in [-0.05, 0) is 62.8 Å². The van der Waals surface area contributed by atoms with Gasteiger partial charge in [0.25, 0.3) is 0 Å². The highest BCUT2D eigenvalue weighted by Gasteiger charge is 2.34. The van der Waals surface area contributed by atoms with Crippen molar-refractivity contribution in [3.05, 3.63) is 74.6 Å². The maximum Gasteiger partial charge on any atom is 0.336 e. The summed E-state index contributed by atoms with van der Waals surface area (Å²) in [4.78, 5) is 25.1. The molecule has 8 heteroatoms. The van der Waals surface area contributed by atoms with Gasteiger partial charge in [-0.2, -0.15) is 4.31 Å². The van der Waals surface area contributed by atoms with Gasteiger partial charge in [-0.15, -0.1) is 0 Å². The van der Waals surface area contributed by atoms with E-state index in [2.05, 4.69) is 0 Å². The molecule has 1 aliphatic heterocycles. The molecule has 4 rings (SSSR count). The van der Waals surface area contributed by atoms with E-state index < -0.39 is 15.6 Å². The van der Waals surface area contributed by atoms with Crippen molar-refractivity contribution >= 4 is 27.0 Å². The lowest BCUT2D eigenvalue weighted by Gasteiger charge is -2.31. The van der Waals surface area contributed by atoms with E-state index in [1.807, 2.05) is 58.0 Å². The Morgan fingerprint density at radius 2 is 1.71 bits per heavy atom. The Kier molecular flexibility index (Phi) is 7.15. The molecule has 0 spiro atoms. The van der Waals surface area contributed by atoms with Gasteiger partial charge >= 0.3 is 11.6 Å². The van der Waals surface area contributed by atoms with E-state index in [0.717, 1.165) is 34.1 Å². The van der Waals surface area contributed by atoms with Gasteiger partial charge in [0.1, 0.15) is 12.2 Å². The molecule has 0 atom stereocenters. The van der Waals surface area contributed by atoms with E-state index >= 15 is 0 Å². The molecule has 186 valence electrons. The molecule has 2 aromatic carbocycles. The van der Waals surface area contributed by atoms with Gasteiger partial charge < -0.3 is 9.15 Å². The third-order valence-electron chi connectivity index (χ3n) is 6.66. The number of rotatable bonds is 6. The molecule has 0 N–H and O–H groups in total. The molecule has 0 amide bonds. The van der Waals surface area contributed by atoms with E-state index in [1.165, 1.54) is 10.4 Å². The number of sulfonamides is 1. The van der Waals surface area contributed by atoms with Gasteiger partial charge in [0, 0.05) is 30.1 Å². The molecule has 35 heavy (non-hydrogen) atoms. The van der Waals surface area contributed by atoms with Gasteiger partial charge in [-0.25, -0.2) is 13.2 Å². The van der Waals surface area contributed by atoms with Crippen LogP contribution in [-0.2, 0) is 32.6 Å². The van der Waals surface area contributed by atoms with E-state index in [0.29, 0.717) is 28.9 Å². The lowest BCUT2D eigenvalue weighted by atomic mass is 9.98. The van der Waals surface area contributed by atoms with Crippen LogP contribution in [0.2, 0.25) is 0 Å². The lowest BCUT2D eigenvalue weighted by Crippen LogP contribution is -2.41. The zero-order valence-electron chi connectivity index (χ0n) is 20.6. The van der Waals surface area contributed by atoms with E-state index in [1.54, 1.807) is 0 Å². The predicted molar refractivity (Wildman–Crippen MR) is 134 cm³/mol. The van der Waals surface area contributed by atoms with Crippen molar-refractivity contribution < 1.29 is 22.4 Å². The second-order valence-electron chi connectivity index (χ2n) is 9.29. The first-order valence-electron chi connectivity index (χ1n) is 11.9. The van der Waals surface area contributed by atoms with Crippen molar-refractivity contribution in [3.63, 3.8) is 0 Å². The molecule has 1 fully saturated rings. The average Bonchev–Trinajstić information content (AvgIpc) is 2.81. The van der Waals surface area contributed by atoms with Gasteiger partial charge in [-0.1, -0.05) is 36.8 Å². The fourth-order valence-corrected chi connectivity index (χ4v) is 6.80. The first-order valence-corrected chi connectivity index (χ1v) is 13.3.